The molecule has 5 rings (SSSR count). The maximum Gasteiger partial charge on any atom is 0.258 e. The number of hydrogen-bond acceptors (Lipinski definition) is 5. The Labute approximate surface area is 177 Å². The van der Waals surface area contributed by atoms with Gasteiger partial charge in [-0.05, 0) is 43.5 Å². The highest BCUT2D eigenvalue weighted by Crippen LogP contribution is 2.60. The van der Waals surface area contributed by atoms with Crippen LogP contribution < -0.4 is 15.4 Å². The minimum Gasteiger partial charge on any atom is -0.484 e. The van der Waals surface area contributed by atoms with Crippen LogP contribution in [0.25, 0.3) is 0 Å². The molecule has 1 aromatic carbocycles. The summed E-state index contributed by atoms with van der Waals surface area (Å²) >= 11 is 5.62. The molecule has 7 nitrogen and oxygen atoms in total. The van der Waals surface area contributed by atoms with Gasteiger partial charge in [0.15, 0.2) is 6.61 Å². The summed E-state index contributed by atoms with van der Waals surface area (Å²) in [5.41, 5.74) is 0.654. The zero-order valence-electron chi connectivity index (χ0n) is 16.3. The number of nitrogens with zero attached hydrogens (tertiary/aromatic N) is 1. The number of ether oxygens (including phenoxy) is 2. The van der Waals surface area contributed by atoms with Crippen molar-refractivity contribution in [1.29, 1.82) is 0 Å². The first kappa shape index (κ1) is 20.6. The van der Waals surface area contributed by atoms with E-state index < -0.39 is 5.82 Å². The average molecular weight is 434 g/mol. The molecule has 0 radical (unpaired) electrons. The van der Waals surface area contributed by atoms with Gasteiger partial charge in [0.05, 0.1) is 22.9 Å². The quantitative estimate of drug-likeness (QED) is 0.668. The second-order valence-electron chi connectivity index (χ2n) is 7.93. The number of carbonyl (C=O) groups excluding carboxylic acids is 2. The van der Waals surface area contributed by atoms with E-state index in [0.29, 0.717) is 31.4 Å². The standard InChI is InChI=1S/C21H21ClFN3O4/c1-29-8-14-3-2-13(7-24-14)19(28)26-21-10-20(11-21,12-21)25-18(27)9-30-15-4-5-16(22)17(23)6-15/h2-7H,8-12H2,1H3,(H,25,27)(H,26,28). The third-order valence-corrected chi connectivity index (χ3v) is 5.76. The Morgan fingerprint density at radius 3 is 2.53 bits per heavy atom. The molecule has 1 aromatic heterocycles. The highest BCUT2D eigenvalue weighted by atomic mass is 35.5. The minimum atomic E-state index is -0.602. The Bertz CT molecular complexity index is 963. The lowest BCUT2D eigenvalue weighted by Gasteiger charge is -2.70. The van der Waals surface area contributed by atoms with Gasteiger partial charge in [-0.25, -0.2) is 4.39 Å². The molecule has 2 aromatic rings. The summed E-state index contributed by atoms with van der Waals surface area (Å²) < 4.78 is 23.7. The lowest BCUT2D eigenvalue weighted by atomic mass is 9.44. The van der Waals surface area contributed by atoms with E-state index >= 15 is 0 Å². The molecule has 2 N–H and O–H groups in total. The van der Waals surface area contributed by atoms with Crippen molar-refractivity contribution in [1.82, 2.24) is 15.6 Å². The van der Waals surface area contributed by atoms with Crippen LogP contribution in [0.5, 0.6) is 5.75 Å². The van der Waals surface area contributed by atoms with Crippen molar-refractivity contribution >= 4 is 23.4 Å². The molecule has 0 atom stereocenters. The van der Waals surface area contributed by atoms with Crippen LogP contribution in [0.15, 0.2) is 36.5 Å². The van der Waals surface area contributed by atoms with Crippen LogP contribution in [0.1, 0.15) is 35.3 Å². The van der Waals surface area contributed by atoms with Crippen LogP contribution >= 0.6 is 11.6 Å². The minimum absolute atomic E-state index is 0.00489. The number of aromatic nitrogens is 1. The van der Waals surface area contributed by atoms with Crippen molar-refractivity contribution in [2.24, 2.45) is 0 Å². The zero-order valence-corrected chi connectivity index (χ0v) is 17.1. The predicted molar refractivity (Wildman–Crippen MR) is 107 cm³/mol. The summed E-state index contributed by atoms with van der Waals surface area (Å²) in [6, 6.07) is 7.49. The number of amides is 2. The summed E-state index contributed by atoms with van der Waals surface area (Å²) in [6.07, 6.45) is 3.54. The molecule has 0 saturated heterocycles. The molecule has 30 heavy (non-hydrogen) atoms. The van der Waals surface area contributed by atoms with Gasteiger partial charge in [-0.1, -0.05) is 11.6 Å². The van der Waals surface area contributed by atoms with Gasteiger partial charge < -0.3 is 20.1 Å². The fourth-order valence-electron chi connectivity index (χ4n) is 4.21. The Kier molecular flexibility index (Phi) is 5.38. The normalized spacial score (nSPS) is 23.7. The van der Waals surface area contributed by atoms with Crippen LogP contribution in [0.4, 0.5) is 4.39 Å². The Balaban J connectivity index is 1.22. The summed E-state index contributed by atoms with van der Waals surface area (Å²) in [4.78, 5) is 28.8. The van der Waals surface area contributed by atoms with Gasteiger partial charge in [0.25, 0.3) is 11.8 Å². The number of rotatable bonds is 8. The summed E-state index contributed by atoms with van der Waals surface area (Å²) in [5.74, 6) is -0.837. The molecule has 3 aliphatic carbocycles. The molecule has 3 saturated carbocycles. The summed E-state index contributed by atoms with van der Waals surface area (Å²) in [6.45, 7) is 0.173. The van der Waals surface area contributed by atoms with Crippen LogP contribution in [-0.2, 0) is 16.1 Å². The predicted octanol–water partition coefficient (Wildman–Crippen LogP) is 2.62. The smallest absolute Gasteiger partial charge is 0.258 e. The number of pyridine rings is 1. The third kappa shape index (κ3) is 4.11. The molecule has 1 heterocycles. The number of carbonyl (C=O) groups is 2. The molecule has 9 heteroatoms. The first-order valence-corrected chi connectivity index (χ1v) is 9.85. The van der Waals surface area contributed by atoms with Gasteiger partial charge in [-0.3, -0.25) is 14.6 Å². The average Bonchev–Trinajstić information content (AvgIpc) is 2.67. The number of methoxy groups -OCH3 is 1. The van der Waals surface area contributed by atoms with E-state index in [-0.39, 0.29) is 40.3 Å². The maximum absolute atomic E-state index is 13.4. The monoisotopic (exact) mass is 433 g/mol. The number of benzene rings is 1. The van der Waals surface area contributed by atoms with E-state index in [1.165, 1.54) is 18.3 Å². The Morgan fingerprint density at radius 2 is 1.90 bits per heavy atom. The molecule has 3 fully saturated rings. The number of hydrogen-bond donors (Lipinski definition) is 2. The van der Waals surface area contributed by atoms with E-state index in [2.05, 4.69) is 15.6 Å². The van der Waals surface area contributed by atoms with E-state index in [1.807, 2.05) is 0 Å². The van der Waals surface area contributed by atoms with Crippen molar-refractivity contribution in [3.05, 3.63) is 58.6 Å². The molecule has 0 unspecified atom stereocenters. The molecule has 0 aliphatic heterocycles. The van der Waals surface area contributed by atoms with Crippen molar-refractivity contribution < 1.29 is 23.5 Å². The van der Waals surface area contributed by atoms with E-state index in [4.69, 9.17) is 21.1 Å². The van der Waals surface area contributed by atoms with Crippen LogP contribution in [-0.4, -0.2) is 41.6 Å². The second-order valence-corrected chi connectivity index (χ2v) is 8.34. The van der Waals surface area contributed by atoms with Crippen LogP contribution in [0.3, 0.4) is 0 Å². The molecule has 158 valence electrons. The molecule has 3 aliphatic rings. The largest absolute Gasteiger partial charge is 0.484 e. The van der Waals surface area contributed by atoms with Crippen molar-refractivity contribution in [3.8, 4) is 5.75 Å². The van der Waals surface area contributed by atoms with Crippen LogP contribution in [0.2, 0.25) is 5.02 Å². The molecule has 2 bridgehead atoms. The fraction of sp³-hybridized carbons (Fsp3) is 0.381. The first-order valence-electron chi connectivity index (χ1n) is 9.47. The van der Waals surface area contributed by atoms with Crippen molar-refractivity contribution in [2.45, 2.75) is 36.9 Å². The number of nitrogens with one attached hydrogen (secondary N) is 2. The van der Waals surface area contributed by atoms with Gasteiger partial charge in [0, 0.05) is 30.5 Å². The third-order valence-electron chi connectivity index (χ3n) is 5.45. The maximum atomic E-state index is 13.4. The molecule has 0 spiro atoms. The van der Waals surface area contributed by atoms with Crippen molar-refractivity contribution in [3.63, 3.8) is 0 Å². The van der Waals surface area contributed by atoms with Gasteiger partial charge in [0.1, 0.15) is 11.6 Å². The lowest BCUT2D eigenvalue weighted by molar-refractivity contribution is -0.141. The van der Waals surface area contributed by atoms with E-state index in [1.54, 1.807) is 19.2 Å². The number of halogens is 2. The van der Waals surface area contributed by atoms with E-state index in [9.17, 15) is 14.0 Å². The zero-order chi connectivity index (χ0) is 21.4. The van der Waals surface area contributed by atoms with Crippen molar-refractivity contribution in [2.75, 3.05) is 13.7 Å². The first-order chi connectivity index (χ1) is 14.3. The van der Waals surface area contributed by atoms with Gasteiger partial charge >= 0.3 is 0 Å². The van der Waals surface area contributed by atoms with E-state index in [0.717, 1.165) is 11.8 Å². The Morgan fingerprint density at radius 1 is 1.17 bits per heavy atom. The highest BCUT2D eigenvalue weighted by Gasteiger charge is 2.69. The topological polar surface area (TPSA) is 89.6 Å². The molecular weight excluding hydrogens is 413 g/mol. The molecule has 2 amide bonds. The van der Waals surface area contributed by atoms with Gasteiger partial charge in [0.2, 0.25) is 0 Å². The summed E-state index contributed by atoms with van der Waals surface area (Å²) in [5, 5.41) is 6.00. The molecular formula is C21H21ClFN3O4. The fourth-order valence-corrected chi connectivity index (χ4v) is 4.32. The second kappa shape index (κ2) is 7.85. The lowest BCUT2D eigenvalue weighted by Crippen LogP contribution is -2.84. The van der Waals surface area contributed by atoms with Gasteiger partial charge in [-0.15, -0.1) is 0 Å². The van der Waals surface area contributed by atoms with Crippen LogP contribution in [0, 0.1) is 5.82 Å². The highest BCUT2D eigenvalue weighted by molar-refractivity contribution is 6.30. The Hall–Kier alpha value is -2.71. The summed E-state index contributed by atoms with van der Waals surface area (Å²) in [7, 11) is 1.59. The SMILES string of the molecule is COCc1ccc(C(=O)NC23CC(NC(=O)COc4ccc(Cl)c(F)c4)(C2)C3)cn1. The van der Waals surface area contributed by atoms with Gasteiger partial charge in [-0.2, -0.15) is 0 Å².